The quantitative estimate of drug-likeness (QED) is 0.147. The zero-order chi connectivity index (χ0) is 33.9. The van der Waals surface area contributed by atoms with Gasteiger partial charge in [0, 0.05) is 56.9 Å². The number of H-pyrrole nitrogens is 1. The summed E-state index contributed by atoms with van der Waals surface area (Å²) in [4.78, 5) is 49.1. The number of aliphatic imine (C=N–C) groups is 1. The highest BCUT2D eigenvalue weighted by Gasteiger charge is 2.45. The number of nitrogens with zero attached hydrogens (tertiary/aromatic N) is 8. The molecule has 2 unspecified atom stereocenters. The second-order valence-corrected chi connectivity index (χ2v) is 16.8. The van der Waals surface area contributed by atoms with Crippen LogP contribution in [0.1, 0.15) is 31.9 Å². The van der Waals surface area contributed by atoms with Gasteiger partial charge in [-0.25, -0.2) is 19.9 Å². The number of aromatic nitrogens is 6. The fourth-order valence-electron chi connectivity index (χ4n) is 5.24. The predicted molar refractivity (Wildman–Crippen MR) is 176 cm³/mol. The first-order chi connectivity index (χ1) is 23.0. The molecule has 48 heavy (non-hydrogen) atoms. The lowest BCUT2D eigenvalue weighted by Gasteiger charge is -2.29. The third kappa shape index (κ3) is 8.25. The molecule has 2 bridgehead atoms. The van der Waals surface area contributed by atoms with Gasteiger partial charge in [-0.3, -0.25) is 23.4 Å². The third-order valence-electron chi connectivity index (χ3n) is 7.29. The molecule has 2 N–H and O–H groups in total. The van der Waals surface area contributed by atoms with Crippen LogP contribution in [0, 0.1) is 17.2 Å². The van der Waals surface area contributed by atoms with E-state index in [9.17, 15) is 9.69 Å². The molecule has 18 nitrogen and oxygen atoms in total. The monoisotopic (exact) mass is 739 g/mol. The molecular formula is C26H31N9O9P2S2. The van der Waals surface area contributed by atoms with E-state index in [0.717, 1.165) is 0 Å². The van der Waals surface area contributed by atoms with E-state index < -0.39 is 37.4 Å². The normalized spacial score (nSPS) is 31.7. The number of nitrogens with one attached hydrogen (secondary N) is 1. The van der Waals surface area contributed by atoms with Gasteiger partial charge >= 0.3 is 13.4 Å². The van der Waals surface area contributed by atoms with Crippen LogP contribution < -0.4 is 10.3 Å². The number of fused-ring (bicyclic) bond motifs is 4. The zero-order valence-corrected chi connectivity index (χ0v) is 29.0. The summed E-state index contributed by atoms with van der Waals surface area (Å²) in [6.07, 6.45) is 5.00. The van der Waals surface area contributed by atoms with Crippen molar-refractivity contribution in [3.8, 4) is 11.9 Å². The van der Waals surface area contributed by atoms with E-state index in [-0.39, 0.29) is 60.9 Å². The lowest BCUT2D eigenvalue weighted by Crippen LogP contribution is -2.25. The van der Waals surface area contributed by atoms with E-state index in [0.29, 0.717) is 18.7 Å². The number of ether oxygens (including phenoxy) is 2. The van der Waals surface area contributed by atoms with Crippen molar-refractivity contribution < 1.29 is 37.0 Å². The van der Waals surface area contributed by atoms with Crippen LogP contribution in [0.3, 0.4) is 0 Å². The molecule has 1 saturated heterocycles. The molecule has 5 heterocycles. The molecule has 3 aromatic rings. The number of aromatic amines is 1. The van der Waals surface area contributed by atoms with Crippen molar-refractivity contribution in [2.24, 2.45) is 10.9 Å². The third-order valence-corrected chi connectivity index (χ3v) is 11.1. The van der Waals surface area contributed by atoms with E-state index in [1.807, 2.05) is 6.07 Å². The number of rotatable bonds is 8. The van der Waals surface area contributed by atoms with Crippen molar-refractivity contribution in [3.05, 3.63) is 47.3 Å². The van der Waals surface area contributed by atoms with Crippen molar-refractivity contribution >= 4 is 60.5 Å². The summed E-state index contributed by atoms with van der Waals surface area (Å²) in [7, 11) is 3.55. The van der Waals surface area contributed by atoms with Crippen LogP contribution in [0.25, 0.3) is 11.2 Å². The summed E-state index contributed by atoms with van der Waals surface area (Å²) in [6, 6.07) is 3.66. The fourth-order valence-corrected chi connectivity index (χ4v) is 8.74. The van der Waals surface area contributed by atoms with Crippen molar-refractivity contribution in [2.45, 2.75) is 50.2 Å². The molecule has 0 aromatic carbocycles. The lowest BCUT2D eigenvalue weighted by atomic mass is 10.1. The average molecular weight is 740 g/mol. The Kier molecular flexibility index (Phi) is 10.5. The first-order valence-electron chi connectivity index (χ1n) is 14.6. The molecule has 2 fully saturated rings. The van der Waals surface area contributed by atoms with E-state index in [1.54, 1.807) is 31.3 Å². The minimum atomic E-state index is -3.85. The molecule has 6 rings (SSSR count). The summed E-state index contributed by atoms with van der Waals surface area (Å²) < 4.78 is 43.9. The smallest absolute Gasteiger partial charge is 0.377 e. The first-order valence-corrected chi connectivity index (χ1v) is 19.8. The predicted octanol–water partition coefficient (Wildman–Crippen LogP) is 2.94. The van der Waals surface area contributed by atoms with Gasteiger partial charge in [-0.1, -0.05) is 0 Å². The van der Waals surface area contributed by atoms with E-state index >= 15 is 0 Å². The molecule has 2 aliphatic heterocycles. The van der Waals surface area contributed by atoms with Gasteiger partial charge in [0.15, 0.2) is 11.2 Å². The maximum atomic E-state index is 12.8. The average Bonchev–Trinajstić information content (AvgIpc) is 3.75. The Hall–Kier alpha value is -3.37. The molecule has 1 aliphatic carbocycles. The standard InChI is InChI=1S/C26H31N9O9P2S2/c1-34(2)14-31-26-32-23-22(24(36)33-26)30-15-35(23)25-20-10-18(42-25)12-39-45(37,47)43-19-9-17(41-21-4-6-28-13-29-21)8-16(19)11-40-46(48,44-20)38-7-3-5-27/h4,6,12-17,19-20,25H,3,7-11H2,1-2H3,(H,37,47)(H,32,33,36)/b18-12+,31-14?/t16-,17-,19+,20-,25-,45?,46?/m1/s1. The number of nitriles is 1. The highest BCUT2D eigenvalue weighted by atomic mass is 32.5. The van der Waals surface area contributed by atoms with Crippen molar-refractivity contribution in [3.63, 3.8) is 0 Å². The molecule has 0 spiro atoms. The van der Waals surface area contributed by atoms with Gasteiger partial charge in [0.05, 0.1) is 38.1 Å². The van der Waals surface area contributed by atoms with Crippen LogP contribution in [0.5, 0.6) is 5.88 Å². The minimum Gasteiger partial charge on any atom is -0.474 e. The lowest BCUT2D eigenvalue weighted by molar-refractivity contribution is 0.00289. The van der Waals surface area contributed by atoms with Crippen molar-refractivity contribution in [1.29, 1.82) is 5.26 Å². The van der Waals surface area contributed by atoms with Crippen LogP contribution in [0.2, 0.25) is 0 Å². The van der Waals surface area contributed by atoms with Crippen molar-refractivity contribution in [1.82, 2.24) is 34.4 Å². The largest absolute Gasteiger partial charge is 0.474 e. The Morgan fingerprint density at radius 2 is 2.15 bits per heavy atom. The van der Waals surface area contributed by atoms with Crippen LogP contribution in [0.4, 0.5) is 5.95 Å². The summed E-state index contributed by atoms with van der Waals surface area (Å²) in [5.41, 5.74) is -0.318. The maximum absolute atomic E-state index is 12.8. The second-order valence-electron chi connectivity index (χ2n) is 11.1. The van der Waals surface area contributed by atoms with E-state index in [2.05, 4.69) is 29.9 Å². The molecule has 7 atom stereocenters. The minimum absolute atomic E-state index is 0.00975. The van der Waals surface area contributed by atoms with Crippen molar-refractivity contribution in [2.75, 3.05) is 27.3 Å². The van der Waals surface area contributed by atoms with Gasteiger partial charge in [0.1, 0.15) is 36.9 Å². The summed E-state index contributed by atoms with van der Waals surface area (Å²) in [6.45, 7) is -7.48. The summed E-state index contributed by atoms with van der Waals surface area (Å²) in [5.74, 6) is 0.273. The molecule has 0 radical (unpaired) electrons. The van der Waals surface area contributed by atoms with Gasteiger partial charge in [-0.05, 0) is 18.2 Å². The Morgan fingerprint density at radius 1 is 1.29 bits per heavy atom. The number of imidazole rings is 1. The van der Waals surface area contributed by atoms with Gasteiger partial charge in [0.25, 0.3) is 5.56 Å². The Labute approximate surface area is 284 Å². The Balaban J connectivity index is 1.32. The van der Waals surface area contributed by atoms with Gasteiger partial charge in [0.2, 0.25) is 18.1 Å². The maximum Gasteiger partial charge on any atom is 0.377 e. The molecule has 22 heteroatoms. The molecular weight excluding hydrogens is 708 g/mol. The number of hydrogen-bond donors (Lipinski definition) is 2. The van der Waals surface area contributed by atoms with E-state index in [4.69, 9.17) is 61.0 Å². The SMILES string of the molecule is CN(C)C=Nc1nc2c(ncn2[C@@H]2O/C3=C/OP(O)(=S)O[C@H]4C[C@H](Oc5ccncn5)C[C@@H]4COP(=S)(OCCC#N)O[C@@H]2C3)c(=O)[nH]1. The molecule has 0 amide bonds. The Bertz CT molecular complexity index is 1890. The van der Waals surface area contributed by atoms with Gasteiger partial charge < -0.3 is 32.8 Å². The van der Waals surface area contributed by atoms with Gasteiger partial charge in [-0.15, -0.1) is 0 Å². The highest BCUT2D eigenvalue weighted by molar-refractivity contribution is 8.07. The second kappa shape index (κ2) is 14.6. The molecule has 3 aromatic heterocycles. The van der Waals surface area contributed by atoms with Crippen LogP contribution in [0.15, 0.2) is 46.7 Å². The molecule has 256 valence electrons. The zero-order valence-electron chi connectivity index (χ0n) is 25.6. The molecule has 1 saturated carbocycles. The van der Waals surface area contributed by atoms with Crippen LogP contribution >= 0.6 is 13.4 Å². The van der Waals surface area contributed by atoms with E-state index in [1.165, 1.54) is 29.8 Å². The Morgan fingerprint density at radius 3 is 2.92 bits per heavy atom. The van der Waals surface area contributed by atoms with Crippen LogP contribution in [-0.4, -0.2) is 91.2 Å². The topological polar surface area (TPSA) is 214 Å². The van der Waals surface area contributed by atoms with Gasteiger partial charge in [-0.2, -0.15) is 10.2 Å². The summed E-state index contributed by atoms with van der Waals surface area (Å²) >= 11 is 11.2. The highest BCUT2D eigenvalue weighted by Crippen LogP contribution is 2.57. The molecule has 3 aliphatic rings. The summed E-state index contributed by atoms with van der Waals surface area (Å²) in [5, 5.41) is 9.17. The first kappa shape index (κ1) is 34.5. The fraction of sp³-hybridized carbons (Fsp3) is 0.500. The van der Waals surface area contributed by atoms with Crippen LogP contribution in [-0.2, 0) is 51.0 Å². The number of hydrogen-bond acceptors (Lipinski definition) is 16.